The molecule has 0 aliphatic carbocycles. The van der Waals surface area contributed by atoms with Gasteiger partial charge in [-0.15, -0.1) is 11.8 Å². The highest BCUT2D eigenvalue weighted by atomic mass is 32.2. The molecule has 0 aromatic heterocycles. The first-order chi connectivity index (χ1) is 10.3. The second-order valence-corrected chi connectivity index (χ2v) is 7.12. The Hall–Kier alpha value is -0.300. The summed E-state index contributed by atoms with van der Waals surface area (Å²) in [6.45, 7) is 7.79. The normalized spacial score (nSPS) is 22.2. The molecule has 122 valence electrons. The van der Waals surface area contributed by atoms with Crippen LogP contribution in [0.3, 0.4) is 0 Å². The van der Waals surface area contributed by atoms with Gasteiger partial charge in [-0.25, -0.2) is 0 Å². The standard InChI is InChI=1S/C15H29N3O2S/c1-20-12-11-17-7-2-8-18(10-9-17)15(19)13-21-14-3-5-16-6-4-14/h14,16H,2-13H2,1H3. The van der Waals surface area contributed by atoms with Crippen LogP contribution in [0.1, 0.15) is 19.3 Å². The van der Waals surface area contributed by atoms with Crippen molar-refractivity contribution in [2.75, 3.05) is 65.3 Å². The number of hydrogen-bond donors (Lipinski definition) is 1. The Labute approximate surface area is 132 Å². The topological polar surface area (TPSA) is 44.8 Å². The first kappa shape index (κ1) is 17.1. The van der Waals surface area contributed by atoms with Crippen LogP contribution in [0.5, 0.6) is 0 Å². The Morgan fingerprint density at radius 2 is 2.05 bits per heavy atom. The maximum Gasteiger partial charge on any atom is 0.232 e. The maximum atomic E-state index is 12.4. The molecule has 0 saturated carbocycles. The van der Waals surface area contributed by atoms with Crippen LogP contribution in [-0.4, -0.2) is 86.2 Å². The van der Waals surface area contributed by atoms with Gasteiger partial charge in [0.25, 0.3) is 0 Å². The third-order valence-electron chi connectivity index (χ3n) is 4.28. The van der Waals surface area contributed by atoms with Crippen LogP contribution in [0.4, 0.5) is 0 Å². The van der Waals surface area contributed by atoms with Gasteiger partial charge >= 0.3 is 0 Å². The van der Waals surface area contributed by atoms with Gasteiger partial charge in [0.15, 0.2) is 0 Å². The van der Waals surface area contributed by atoms with Gasteiger partial charge in [0.1, 0.15) is 0 Å². The van der Waals surface area contributed by atoms with Crippen LogP contribution in [0.2, 0.25) is 0 Å². The molecule has 0 aromatic rings. The van der Waals surface area contributed by atoms with E-state index < -0.39 is 0 Å². The molecule has 2 saturated heterocycles. The highest BCUT2D eigenvalue weighted by molar-refractivity contribution is 8.00. The van der Waals surface area contributed by atoms with Crippen molar-refractivity contribution < 1.29 is 9.53 Å². The summed E-state index contributed by atoms with van der Waals surface area (Å²) in [5.74, 6) is 0.982. The number of nitrogens with zero attached hydrogens (tertiary/aromatic N) is 2. The zero-order valence-electron chi connectivity index (χ0n) is 13.2. The Morgan fingerprint density at radius 3 is 2.81 bits per heavy atom. The quantitative estimate of drug-likeness (QED) is 0.780. The minimum absolute atomic E-state index is 0.326. The lowest BCUT2D eigenvalue weighted by molar-refractivity contribution is -0.128. The second kappa shape index (κ2) is 9.66. The molecule has 6 heteroatoms. The number of carbonyl (C=O) groups excluding carboxylic acids is 1. The van der Waals surface area contributed by atoms with Crippen molar-refractivity contribution in [3.63, 3.8) is 0 Å². The lowest BCUT2D eigenvalue weighted by Crippen LogP contribution is -2.37. The molecule has 0 radical (unpaired) electrons. The van der Waals surface area contributed by atoms with Crippen LogP contribution in [0.15, 0.2) is 0 Å². The van der Waals surface area contributed by atoms with Gasteiger partial charge in [-0.2, -0.15) is 0 Å². The average molecular weight is 315 g/mol. The van der Waals surface area contributed by atoms with E-state index in [1.54, 1.807) is 7.11 Å². The lowest BCUT2D eigenvalue weighted by atomic mass is 10.2. The van der Waals surface area contributed by atoms with Gasteiger partial charge in [0.05, 0.1) is 12.4 Å². The SMILES string of the molecule is COCCN1CCCN(C(=O)CSC2CCNCC2)CC1. The Bertz CT molecular complexity index is 311. The molecule has 1 N–H and O–H groups in total. The van der Waals surface area contributed by atoms with Crippen molar-refractivity contribution in [3.8, 4) is 0 Å². The first-order valence-electron chi connectivity index (χ1n) is 8.11. The average Bonchev–Trinajstić information content (AvgIpc) is 2.77. The van der Waals surface area contributed by atoms with E-state index in [-0.39, 0.29) is 0 Å². The Morgan fingerprint density at radius 1 is 1.24 bits per heavy atom. The van der Waals surface area contributed by atoms with E-state index >= 15 is 0 Å². The van der Waals surface area contributed by atoms with Crippen molar-refractivity contribution in [2.45, 2.75) is 24.5 Å². The summed E-state index contributed by atoms with van der Waals surface area (Å²) in [6.07, 6.45) is 3.47. The third-order valence-corrected chi connectivity index (χ3v) is 5.64. The van der Waals surface area contributed by atoms with Crippen molar-refractivity contribution >= 4 is 17.7 Å². The number of hydrogen-bond acceptors (Lipinski definition) is 5. The molecule has 1 amide bonds. The zero-order valence-corrected chi connectivity index (χ0v) is 14.0. The predicted molar refractivity (Wildman–Crippen MR) is 87.9 cm³/mol. The molecule has 2 aliphatic heterocycles. The molecule has 0 unspecified atom stereocenters. The van der Waals surface area contributed by atoms with Crippen molar-refractivity contribution in [3.05, 3.63) is 0 Å². The lowest BCUT2D eigenvalue weighted by Gasteiger charge is -2.25. The van der Waals surface area contributed by atoms with E-state index in [2.05, 4.69) is 15.1 Å². The summed E-state index contributed by atoms with van der Waals surface area (Å²) >= 11 is 1.86. The van der Waals surface area contributed by atoms with Gasteiger partial charge < -0.3 is 15.0 Å². The summed E-state index contributed by atoms with van der Waals surface area (Å²) < 4.78 is 5.13. The van der Waals surface area contributed by atoms with E-state index in [1.165, 1.54) is 12.8 Å². The van der Waals surface area contributed by atoms with Gasteiger partial charge in [0, 0.05) is 38.5 Å². The van der Waals surface area contributed by atoms with Crippen molar-refractivity contribution in [1.82, 2.24) is 15.1 Å². The van der Waals surface area contributed by atoms with Crippen molar-refractivity contribution in [1.29, 1.82) is 0 Å². The molecule has 2 fully saturated rings. The van der Waals surface area contributed by atoms with E-state index in [0.29, 0.717) is 16.9 Å². The summed E-state index contributed by atoms with van der Waals surface area (Å²) in [4.78, 5) is 16.8. The Balaban J connectivity index is 1.67. The molecule has 0 atom stereocenters. The van der Waals surface area contributed by atoms with E-state index in [4.69, 9.17) is 4.74 Å². The summed E-state index contributed by atoms with van der Waals surface area (Å²) in [5.41, 5.74) is 0. The summed E-state index contributed by atoms with van der Waals surface area (Å²) in [7, 11) is 1.74. The Kier molecular flexibility index (Phi) is 7.85. The number of thioether (sulfide) groups is 1. The van der Waals surface area contributed by atoms with E-state index in [9.17, 15) is 4.79 Å². The molecular formula is C15H29N3O2S. The highest BCUT2D eigenvalue weighted by Crippen LogP contribution is 2.20. The van der Waals surface area contributed by atoms with E-state index in [1.807, 2.05) is 11.8 Å². The van der Waals surface area contributed by atoms with Gasteiger partial charge in [-0.1, -0.05) is 0 Å². The number of ether oxygens (including phenoxy) is 1. The van der Waals surface area contributed by atoms with Gasteiger partial charge in [-0.3, -0.25) is 9.69 Å². The van der Waals surface area contributed by atoms with Crippen LogP contribution >= 0.6 is 11.8 Å². The number of nitrogens with one attached hydrogen (secondary N) is 1. The minimum Gasteiger partial charge on any atom is -0.383 e. The number of methoxy groups -OCH3 is 1. The van der Waals surface area contributed by atoms with Crippen LogP contribution in [0.25, 0.3) is 0 Å². The minimum atomic E-state index is 0.326. The van der Waals surface area contributed by atoms with E-state index in [0.717, 1.165) is 58.8 Å². The number of carbonyl (C=O) groups is 1. The third kappa shape index (κ3) is 6.14. The fourth-order valence-corrected chi connectivity index (χ4v) is 4.04. The smallest absolute Gasteiger partial charge is 0.232 e. The predicted octanol–water partition coefficient (Wildman–Crippen LogP) is 0.652. The molecule has 5 nitrogen and oxygen atoms in total. The molecular weight excluding hydrogens is 286 g/mol. The summed E-state index contributed by atoms with van der Waals surface area (Å²) in [6, 6.07) is 0. The number of amides is 1. The van der Waals surface area contributed by atoms with Crippen LogP contribution < -0.4 is 5.32 Å². The number of rotatable bonds is 6. The molecule has 0 spiro atoms. The molecule has 0 bridgehead atoms. The fraction of sp³-hybridized carbons (Fsp3) is 0.933. The monoisotopic (exact) mass is 315 g/mol. The molecule has 0 aromatic carbocycles. The fourth-order valence-electron chi connectivity index (χ4n) is 2.91. The van der Waals surface area contributed by atoms with Gasteiger partial charge in [-0.05, 0) is 38.9 Å². The van der Waals surface area contributed by atoms with Crippen LogP contribution in [0, 0.1) is 0 Å². The molecule has 2 aliphatic rings. The largest absolute Gasteiger partial charge is 0.383 e. The zero-order chi connectivity index (χ0) is 14.9. The second-order valence-electron chi connectivity index (χ2n) is 5.83. The molecule has 2 rings (SSSR count). The number of piperidine rings is 1. The van der Waals surface area contributed by atoms with Gasteiger partial charge in [0.2, 0.25) is 5.91 Å². The highest BCUT2D eigenvalue weighted by Gasteiger charge is 2.21. The first-order valence-corrected chi connectivity index (χ1v) is 9.16. The van der Waals surface area contributed by atoms with Crippen LogP contribution in [-0.2, 0) is 9.53 Å². The molecule has 21 heavy (non-hydrogen) atoms. The summed E-state index contributed by atoms with van der Waals surface area (Å²) in [5, 5.41) is 4.04. The maximum absolute atomic E-state index is 12.4. The molecule has 2 heterocycles. The van der Waals surface area contributed by atoms with Crippen molar-refractivity contribution in [2.24, 2.45) is 0 Å².